The van der Waals surface area contributed by atoms with E-state index in [1.807, 2.05) is 30.4 Å². The molecule has 16 heteroatoms. The van der Waals surface area contributed by atoms with Gasteiger partial charge in [-0.15, -0.1) is 0 Å². The summed E-state index contributed by atoms with van der Waals surface area (Å²) < 4.78 is 43.1. The van der Waals surface area contributed by atoms with Crippen LogP contribution in [-0.2, 0) is 27.0 Å². The minimum Gasteiger partial charge on any atom is -0.453 e. The van der Waals surface area contributed by atoms with E-state index in [9.17, 15) is 19.6 Å². The summed E-state index contributed by atoms with van der Waals surface area (Å²) in [6.07, 6.45) is 7.85. The first-order valence-corrected chi connectivity index (χ1v) is 20.5. The van der Waals surface area contributed by atoms with Crippen molar-refractivity contribution in [3.05, 3.63) is 95.4 Å². The van der Waals surface area contributed by atoms with Crippen LogP contribution in [0.4, 0.5) is 20.2 Å². The second kappa shape index (κ2) is 18.8. The topological polar surface area (TPSA) is 145 Å². The number of hydrogen-bond acceptors (Lipinski definition) is 11. The van der Waals surface area contributed by atoms with Crippen molar-refractivity contribution in [1.29, 1.82) is 5.26 Å². The maximum atomic E-state index is 15.3. The van der Waals surface area contributed by atoms with E-state index in [0.29, 0.717) is 52.1 Å². The van der Waals surface area contributed by atoms with Crippen LogP contribution in [0.5, 0.6) is 11.5 Å². The Morgan fingerprint density at radius 1 is 0.983 bits per heavy atom. The van der Waals surface area contributed by atoms with Gasteiger partial charge < -0.3 is 22.2 Å². The number of ether oxygens (including phenoxy) is 1. The predicted molar refractivity (Wildman–Crippen MR) is 221 cm³/mol. The van der Waals surface area contributed by atoms with E-state index in [1.54, 1.807) is 29.1 Å². The molecule has 0 radical (unpaired) electrons. The summed E-state index contributed by atoms with van der Waals surface area (Å²) in [7, 11) is 1.89. The van der Waals surface area contributed by atoms with Gasteiger partial charge in [0.1, 0.15) is 29.2 Å². The van der Waals surface area contributed by atoms with Crippen LogP contribution < -0.4 is 25.7 Å². The third kappa shape index (κ3) is 9.30. The van der Waals surface area contributed by atoms with Crippen LogP contribution in [0, 0.1) is 42.2 Å². The maximum absolute atomic E-state index is 15.3. The number of benzene rings is 3. The minimum atomic E-state index is -0.684. The molecule has 2 amide bonds. The van der Waals surface area contributed by atoms with Gasteiger partial charge in [0.05, 0.1) is 22.9 Å². The van der Waals surface area contributed by atoms with Gasteiger partial charge >= 0.3 is 0 Å². The van der Waals surface area contributed by atoms with E-state index in [-0.39, 0.29) is 83.4 Å². The number of rotatable bonds is 11. The van der Waals surface area contributed by atoms with Crippen molar-refractivity contribution < 1.29 is 40.5 Å². The Morgan fingerprint density at radius 2 is 1.73 bits per heavy atom. The molecule has 12 nitrogen and oxygen atoms in total. The SMILES string of the molecule is CCN(C)SNc1ccc(F)c(Oc2ccc3ncn(C4CC5CN(C6CCC(c7ccc(NC8CCC(=O)NC8=O)cc7F)CC6)CC5C4)c(=O)c3c2)c1C#N.[CH3-].[Cr]. The fraction of sp³-hybridized carbons (Fsp3) is 0.442. The molecule has 3 atom stereocenters. The van der Waals surface area contributed by atoms with Gasteiger partial charge in [-0.25, -0.2) is 18.1 Å². The van der Waals surface area contributed by atoms with Gasteiger partial charge in [-0.05, 0) is 118 Å². The van der Waals surface area contributed by atoms with Gasteiger partial charge in [0, 0.05) is 73.3 Å². The van der Waals surface area contributed by atoms with Crippen LogP contribution in [0.15, 0.2) is 59.7 Å². The van der Waals surface area contributed by atoms with Crippen molar-refractivity contribution in [2.24, 2.45) is 11.8 Å². The van der Waals surface area contributed by atoms with Crippen molar-refractivity contribution >= 4 is 46.2 Å². The number of nitrogens with zero attached hydrogens (tertiary/aromatic N) is 5. The molecule has 8 rings (SSSR count). The summed E-state index contributed by atoms with van der Waals surface area (Å²) in [6.45, 7) is 4.71. The Balaban J connectivity index is 0.00000293. The number of carbonyl (C=O) groups excluding carboxylic acids is 2. The number of likely N-dealkylation sites (tertiary alicyclic amines) is 1. The smallest absolute Gasteiger partial charge is 0.261 e. The number of amides is 2. The molecule has 2 aliphatic carbocycles. The molecule has 2 saturated heterocycles. The summed E-state index contributed by atoms with van der Waals surface area (Å²) >= 11 is 1.29. The van der Waals surface area contributed by atoms with E-state index in [1.165, 1.54) is 30.3 Å². The maximum Gasteiger partial charge on any atom is 0.261 e. The number of halogens is 2. The fourth-order valence-corrected chi connectivity index (χ4v) is 9.72. The zero-order valence-corrected chi connectivity index (χ0v) is 35.5. The van der Waals surface area contributed by atoms with Gasteiger partial charge in [0.15, 0.2) is 11.6 Å². The van der Waals surface area contributed by atoms with Crippen LogP contribution >= 0.6 is 12.1 Å². The molecule has 0 spiro atoms. The molecule has 2 saturated carbocycles. The molecule has 4 aromatic rings. The summed E-state index contributed by atoms with van der Waals surface area (Å²) in [5.41, 5.74) is 2.03. The third-order valence-electron chi connectivity index (χ3n) is 12.3. The molecule has 4 aliphatic rings. The Labute approximate surface area is 358 Å². The van der Waals surface area contributed by atoms with E-state index >= 15 is 8.78 Å². The number of nitriles is 1. The van der Waals surface area contributed by atoms with Crippen LogP contribution in [-0.4, -0.2) is 69.3 Å². The van der Waals surface area contributed by atoms with Gasteiger partial charge in [0.25, 0.3) is 5.56 Å². The zero-order chi connectivity index (χ0) is 39.8. The number of fused-ring (bicyclic) bond motifs is 2. The fourth-order valence-electron chi connectivity index (χ4n) is 9.16. The molecule has 2 aliphatic heterocycles. The van der Waals surface area contributed by atoms with E-state index < -0.39 is 11.9 Å². The molecule has 3 N–H and O–H groups in total. The number of piperidine rings is 1. The molecule has 3 aromatic carbocycles. The van der Waals surface area contributed by atoms with Crippen molar-refractivity contribution in [2.45, 2.75) is 82.3 Å². The van der Waals surface area contributed by atoms with Crippen molar-refractivity contribution in [3.63, 3.8) is 0 Å². The zero-order valence-electron chi connectivity index (χ0n) is 33.4. The molecule has 0 bridgehead atoms. The molecule has 3 unspecified atom stereocenters. The van der Waals surface area contributed by atoms with E-state index in [4.69, 9.17) is 4.74 Å². The second-order valence-corrected chi connectivity index (χ2v) is 16.8. The van der Waals surface area contributed by atoms with E-state index in [2.05, 4.69) is 31.3 Å². The van der Waals surface area contributed by atoms with Crippen molar-refractivity contribution in [3.8, 4) is 17.6 Å². The van der Waals surface area contributed by atoms with Crippen LogP contribution in [0.1, 0.15) is 81.4 Å². The molecule has 3 heterocycles. The number of anilines is 2. The number of hydrogen-bond donors (Lipinski definition) is 3. The number of imide groups is 1. The van der Waals surface area contributed by atoms with Gasteiger partial charge in [-0.1, -0.05) is 13.0 Å². The molecular formula is C43H49CrF2N8O4S-. The van der Waals surface area contributed by atoms with Crippen LogP contribution in [0.25, 0.3) is 10.9 Å². The number of aromatic nitrogens is 2. The van der Waals surface area contributed by atoms with E-state index in [0.717, 1.165) is 58.2 Å². The Kier molecular flexibility index (Phi) is 14.1. The summed E-state index contributed by atoms with van der Waals surface area (Å²) in [4.78, 5) is 44.7. The quantitative estimate of drug-likeness (QED) is 0.0782. The summed E-state index contributed by atoms with van der Waals surface area (Å²) in [5, 5.41) is 15.7. The van der Waals surface area contributed by atoms with Crippen LogP contribution in [0.2, 0.25) is 0 Å². The van der Waals surface area contributed by atoms with Crippen molar-refractivity contribution in [2.75, 3.05) is 36.7 Å². The normalized spacial score (nSPS) is 24.1. The summed E-state index contributed by atoms with van der Waals surface area (Å²) in [5.74, 6) is -0.517. The monoisotopic (exact) mass is 863 g/mol. The number of carbonyl (C=O) groups is 2. The first-order chi connectivity index (χ1) is 27.6. The first-order valence-electron chi connectivity index (χ1n) is 19.8. The Hall–Kier alpha value is -4.51. The first kappa shape index (κ1) is 44.1. The molecular weight excluding hydrogens is 815 g/mol. The van der Waals surface area contributed by atoms with Crippen LogP contribution in [0.3, 0.4) is 0 Å². The van der Waals surface area contributed by atoms with Gasteiger partial charge in [-0.2, -0.15) is 5.26 Å². The predicted octanol–water partition coefficient (Wildman–Crippen LogP) is 7.54. The largest absolute Gasteiger partial charge is 0.453 e. The molecule has 59 heavy (non-hydrogen) atoms. The van der Waals surface area contributed by atoms with Crippen molar-refractivity contribution in [1.82, 2.24) is 24.1 Å². The number of nitrogens with one attached hydrogen (secondary N) is 3. The average Bonchev–Trinajstić information content (AvgIpc) is 3.80. The van der Waals surface area contributed by atoms with Gasteiger partial charge in [0.2, 0.25) is 11.8 Å². The third-order valence-corrected chi connectivity index (χ3v) is 13.2. The standard InChI is InChI=1S/C42H46F2N8O4S.CH3.Cr/c1-3-50(2)57-49-37-13-11-34(43)40(33(37)20-45)56-30-9-12-36-32(19-30)42(55)52(23-46-36)29-16-25-21-51(22-26(25)17-29)28-7-4-24(5-8-28)31-10-6-27(18-35(31)44)47-38-14-15-39(53)48-41(38)54;;/h6,9-13,18-19,23-26,28-29,38,47,49H,3-5,7-8,14-17,21-22H2,1-2H3,(H,48,53,54);1H3;/q;-1;. The molecule has 1 aromatic heterocycles. The second-order valence-electron chi connectivity index (χ2n) is 15.8. The molecule has 312 valence electrons. The average molecular weight is 864 g/mol. The molecule has 4 fully saturated rings. The Morgan fingerprint density at radius 3 is 2.41 bits per heavy atom. The van der Waals surface area contributed by atoms with Gasteiger partial charge in [-0.3, -0.25) is 29.2 Å². The minimum absolute atomic E-state index is 0. The Bertz CT molecular complexity index is 2290. The summed E-state index contributed by atoms with van der Waals surface area (Å²) in [6, 6.07) is 14.7.